The van der Waals surface area contributed by atoms with Crippen LogP contribution in [0.3, 0.4) is 0 Å². The van der Waals surface area contributed by atoms with Crippen molar-refractivity contribution in [3.05, 3.63) is 90.0 Å². The van der Waals surface area contributed by atoms with Gasteiger partial charge in [0.1, 0.15) is 18.1 Å². The first-order valence-electron chi connectivity index (χ1n) is 22.9. The minimum absolute atomic E-state index is 0.0773. The molecule has 3 aliphatic heterocycles. The van der Waals surface area contributed by atoms with Crippen LogP contribution in [0.15, 0.2) is 73.3 Å². The maximum absolute atomic E-state index is 14.7. The highest BCUT2D eigenvalue weighted by Gasteiger charge is 2.40. The molecule has 3 aromatic carbocycles. The molecule has 6 bridgehead atoms. The van der Waals surface area contributed by atoms with Crippen molar-refractivity contribution in [1.29, 1.82) is 0 Å². The number of anilines is 1. The van der Waals surface area contributed by atoms with Gasteiger partial charge < -0.3 is 34.9 Å². The number of ether oxygens (including phenoxy) is 2. The normalized spacial score (nSPS) is 20.6. The van der Waals surface area contributed by atoms with E-state index in [-0.39, 0.29) is 37.3 Å². The van der Waals surface area contributed by atoms with Gasteiger partial charge in [-0.05, 0) is 96.7 Å². The molecule has 4 aromatic rings. The van der Waals surface area contributed by atoms with Crippen LogP contribution < -0.4 is 16.5 Å². The van der Waals surface area contributed by atoms with E-state index in [9.17, 15) is 24.0 Å². The highest BCUT2D eigenvalue weighted by Crippen LogP contribution is 2.41. The topological polar surface area (TPSA) is 169 Å². The lowest BCUT2D eigenvalue weighted by Crippen LogP contribution is -2.62. The second-order valence-corrected chi connectivity index (χ2v) is 19.0. The predicted octanol–water partition coefficient (Wildman–Crippen LogP) is 5.89. The second kappa shape index (κ2) is 19.6. The van der Waals surface area contributed by atoms with Gasteiger partial charge in [-0.25, -0.2) is 5.43 Å². The van der Waals surface area contributed by atoms with Gasteiger partial charge in [0.15, 0.2) is 0 Å². The molecule has 1 unspecified atom stereocenters. The summed E-state index contributed by atoms with van der Waals surface area (Å²) in [4.78, 5) is 72.4. The SMILES string of the molecule is C=CC(=O)N1CC[C@H](C(=O)N(C)C(C(=O)N[C@H]2Cc3cc(N)cc(c3)-c3ccc4c(c3)c(c(-c3ccccc3COC)n4CC)CC(C)(C)COC(=O)[C@@H]3CCCN(N3)C2=O)C(C)C)C1. The zero-order valence-corrected chi connectivity index (χ0v) is 38.9. The molecule has 0 aliphatic carbocycles. The number of carbonyl (C=O) groups excluding carboxylic acids is 5. The molecule has 2 saturated heterocycles. The standard InChI is InChI=1S/C51H65N7O7/c1-9-44(59)56-21-19-34(28-56)48(61)55(7)45(31(3)4)47(60)53-42-24-32-22-36(25-37(52)23-32)33-17-18-43-39(26-33)40(46(57(43)10-2)38-15-12-11-14-35(38)29-64-8)27-51(5,6)30-65-50(63)41-16-13-20-58(54-41)49(42)62/h9,11-12,14-15,17-18,22-23,25-26,31,34,41-42,45,54H,1,10,13,16,19-21,24,27-30,52H2,2-8H3,(H,53,60)/t34-,41-,42-,45?/m0/s1. The summed E-state index contributed by atoms with van der Waals surface area (Å²) in [6.45, 7) is 15.9. The number of methoxy groups -OCH3 is 1. The van der Waals surface area contributed by atoms with Crippen LogP contribution in [0, 0.1) is 17.3 Å². The Morgan fingerprint density at radius 2 is 1.83 bits per heavy atom. The number of hydrazine groups is 1. The van der Waals surface area contributed by atoms with Crippen molar-refractivity contribution < 1.29 is 33.4 Å². The molecule has 0 radical (unpaired) electrons. The summed E-state index contributed by atoms with van der Waals surface area (Å²) in [5.41, 5.74) is 17.8. The summed E-state index contributed by atoms with van der Waals surface area (Å²) < 4.78 is 14.1. The van der Waals surface area contributed by atoms with Crippen molar-refractivity contribution in [3.8, 4) is 22.4 Å². The molecule has 65 heavy (non-hydrogen) atoms. The number of aryl methyl sites for hydroxylation is 1. The quantitative estimate of drug-likeness (QED) is 0.1000. The van der Waals surface area contributed by atoms with Crippen LogP contribution in [0.4, 0.5) is 5.69 Å². The Morgan fingerprint density at radius 3 is 2.55 bits per heavy atom. The van der Waals surface area contributed by atoms with Crippen molar-refractivity contribution in [2.75, 3.05) is 46.1 Å². The summed E-state index contributed by atoms with van der Waals surface area (Å²) in [6, 6.07) is 17.7. The van der Waals surface area contributed by atoms with E-state index in [1.165, 1.54) is 16.0 Å². The zero-order valence-electron chi connectivity index (χ0n) is 38.9. The summed E-state index contributed by atoms with van der Waals surface area (Å²) in [5.74, 6) is -2.67. The number of cyclic esters (lactones) is 1. The number of hydrogen-bond acceptors (Lipinski definition) is 9. The first-order valence-corrected chi connectivity index (χ1v) is 22.9. The first kappa shape index (κ1) is 47.0. The van der Waals surface area contributed by atoms with Gasteiger partial charge in [0.25, 0.3) is 5.91 Å². The van der Waals surface area contributed by atoms with Crippen LogP contribution in [-0.4, -0.2) is 107 Å². The third kappa shape index (κ3) is 9.98. The Bertz CT molecular complexity index is 2480. The van der Waals surface area contributed by atoms with Gasteiger partial charge in [0, 0.05) is 74.3 Å². The van der Waals surface area contributed by atoms with Crippen LogP contribution in [-0.2, 0) is 59.4 Å². The number of fused-ring (bicyclic) bond motifs is 6. The number of nitrogens with zero attached hydrogens (tertiary/aromatic N) is 4. The number of carbonyl (C=O) groups is 5. The number of esters is 1. The van der Waals surface area contributed by atoms with E-state index in [4.69, 9.17) is 15.2 Å². The van der Waals surface area contributed by atoms with Crippen molar-refractivity contribution in [2.24, 2.45) is 17.3 Å². The van der Waals surface area contributed by atoms with E-state index in [1.54, 1.807) is 19.1 Å². The smallest absolute Gasteiger partial charge is 0.324 e. The minimum atomic E-state index is -1.10. The van der Waals surface area contributed by atoms with Gasteiger partial charge in [-0.15, -0.1) is 0 Å². The molecular weight excluding hydrogens is 823 g/mol. The number of nitrogens with two attached hydrogens (primary N) is 1. The summed E-state index contributed by atoms with van der Waals surface area (Å²) in [5, 5.41) is 5.53. The molecule has 4 N–H and O–H groups in total. The highest BCUT2D eigenvalue weighted by molar-refractivity contribution is 5.96. The van der Waals surface area contributed by atoms with Gasteiger partial charge in [-0.3, -0.25) is 29.0 Å². The predicted molar refractivity (Wildman–Crippen MR) is 252 cm³/mol. The minimum Gasteiger partial charge on any atom is -0.464 e. The van der Waals surface area contributed by atoms with Gasteiger partial charge in [-0.1, -0.05) is 70.7 Å². The molecule has 7 rings (SSSR count). The van der Waals surface area contributed by atoms with E-state index < -0.39 is 47.2 Å². The molecule has 4 heterocycles. The summed E-state index contributed by atoms with van der Waals surface area (Å²) in [7, 11) is 3.30. The fourth-order valence-electron chi connectivity index (χ4n) is 9.99. The number of likely N-dealkylation sites (tertiary alicyclic amines) is 1. The number of benzene rings is 3. The third-order valence-electron chi connectivity index (χ3n) is 13.1. The molecule has 1 aromatic heterocycles. The van der Waals surface area contributed by atoms with Crippen molar-refractivity contribution in [3.63, 3.8) is 0 Å². The van der Waals surface area contributed by atoms with Crippen molar-refractivity contribution in [1.82, 2.24) is 30.1 Å². The maximum Gasteiger partial charge on any atom is 0.324 e. The zero-order chi connectivity index (χ0) is 46.7. The molecule has 14 nitrogen and oxygen atoms in total. The van der Waals surface area contributed by atoms with Crippen LogP contribution in [0.1, 0.15) is 70.6 Å². The second-order valence-electron chi connectivity index (χ2n) is 19.0. The van der Waals surface area contributed by atoms with Crippen LogP contribution in [0.25, 0.3) is 33.3 Å². The van der Waals surface area contributed by atoms with Gasteiger partial charge >= 0.3 is 5.97 Å². The van der Waals surface area contributed by atoms with Gasteiger partial charge in [0.05, 0.1) is 24.8 Å². The van der Waals surface area contributed by atoms with Crippen LogP contribution in [0.2, 0.25) is 0 Å². The Labute approximate surface area is 382 Å². The average Bonchev–Trinajstić information content (AvgIpc) is 3.90. The van der Waals surface area contributed by atoms with E-state index in [0.29, 0.717) is 57.6 Å². The molecular formula is C51H65N7O7. The number of nitrogens with one attached hydrogen (secondary N) is 2. The molecule has 346 valence electrons. The third-order valence-corrected chi connectivity index (χ3v) is 13.1. The van der Waals surface area contributed by atoms with Crippen LogP contribution in [0.5, 0.6) is 0 Å². The molecule has 2 fully saturated rings. The lowest BCUT2D eigenvalue weighted by Gasteiger charge is -2.37. The largest absolute Gasteiger partial charge is 0.464 e. The number of aromatic nitrogens is 1. The van der Waals surface area contributed by atoms with E-state index in [2.05, 4.69) is 73.0 Å². The lowest BCUT2D eigenvalue weighted by atomic mass is 9.84. The Balaban J connectivity index is 1.30. The molecule has 0 saturated carbocycles. The highest BCUT2D eigenvalue weighted by atomic mass is 16.5. The molecule has 4 atom stereocenters. The number of hydrogen-bond donors (Lipinski definition) is 3. The monoisotopic (exact) mass is 887 g/mol. The van der Waals surface area contributed by atoms with E-state index >= 15 is 0 Å². The van der Waals surface area contributed by atoms with Crippen molar-refractivity contribution >= 4 is 46.2 Å². The maximum atomic E-state index is 14.7. The average molecular weight is 888 g/mol. The number of nitrogen functional groups attached to an aromatic ring is 1. The molecule has 14 heteroatoms. The summed E-state index contributed by atoms with van der Waals surface area (Å²) in [6.07, 6.45) is 3.38. The van der Waals surface area contributed by atoms with E-state index in [1.807, 2.05) is 44.2 Å². The first-order chi connectivity index (χ1) is 31.0. The molecule has 4 amide bonds. The van der Waals surface area contributed by atoms with Crippen LogP contribution >= 0.6 is 0 Å². The summed E-state index contributed by atoms with van der Waals surface area (Å²) >= 11 is 0. The molecule has 0 spiro atoms. The number of rotatable bonds is 10. The molecule has 3 aliphatic rings. The van der Waals surface area contributed by atoms with E-state index in [0.717, 1.165) is 50.0 Å². The van der Waals surface area contributed by atoms with Gasteiger partial charge in [-0.2, -0.15) is 0 Å². The van der Waals surface area contributed by atoms with Crippen molar-refractivity contribution in [2.45, 2.75) is 98.0 Å². The van der Waals surface area contributed by atoms with Gasteiger partial charge in [0.2, 0.25) is 17.7 Å². The lowest BCUT2D eigenvalue weighted by molar-refractivity contribution is -0.155. The number of amides is 4. The fourth-order valence-corrected chi connectivity index (χ4v) is 9.99. The fraction of sp³-hybridized carbons (Fsp3) is 0.471. The Morgan fingerprint density at radius 1 is 1.06 bits per heavy atom. The Hall–Kier alpha value is -5.99. The Kier molecular flexibility index (Phi) is 14.2. The number of likely N-dealkylation sites (N-methyl/N-ethyl adjacent to an activating group) is 1.